The van der Waals surface area contributed by atoms with Crippen LogP contribution in [0.15, 0.2) is 12.1 Å². The minimum Gasteiger partial charge on any atom is -0.329 e. The van der Waals surface area contributed by atoms with Gasteiger partial charge in [0, 0.05) is 16.3 Å². The molecule has 0 aromatic carbocycles. The molecule has 98 valence electrons. The maximum Gasteiger partial charge on any atom is 0.0561 e. The fourth-order valence-electron chi connectivity index (χ4n) is 2.04. The highest BCUT2D eigenvalue weighted by atomic mass is 32.1. The molecule has 1 aromatic heterocycles. The van der Waals surface area contributed by atoms with Gasteiger partial charge >= 0.3 is 0 Å². The van der Waals surface area contributed by atoms with Gasteiger partial charge in [0.05, 0.1) is 6.04 Å². The Hall–Kier alpha value is -0.380. The van der Waals surface area contributed by atoms with Crippen LogP contribution in [0.25, 0.3) is 0 Å². The van der Waals surface area contributed by atoms with Crippen molar-refractivity contribution in [2.45, 2.75) is 45.6 Å². The van der Waals surface area contributed by atoms with Crippen molar-refractivity contribution in [2.24, 2.45) is 5.73 Å². The Balaban J connectivity index is 2.56. The first-order valence-corrected chi connectivity index (χ1v) is 7.53. The highest BCUT2D eigenvalue weighted by molar-refractivity contribution is 7.12. The van der Waals surface area contributed by atoms with Crippen LogP contribution in [-0.4, -0.2) is 25.0 Å². The van der Waals surface area contributed by atoms with Gasteiger partial charge in [0.2, 0.25) is 0 Å². The standard InChI is InChI=1S/C14H26N2S/c1-4-6-7-10-16(3)13(11-15)14-9-8-12(5-2)17-14/h8-9,13H,4-7,10-11,15H2,1-3H3. The Labute approximate surface area is 110 Å². The lowest BCUT2D eigenvalue weighted by atomic mass is 10.2. The molecule has 0 amide bonds. The van der Waals surface area contributed by atoms with Gasteiger partial charge in [-0.3, -0.25) is 4.90 Å². The van der Waals surface area contributed by atoms with Crippen LogP contribution in [-0.2, 0) is 6.42 Å². The number of likely N-dealkylation sites (N-methyl/N-ethyl adjacent to an activating group) is 1. The van der Waals surface area contributed by atoms with Gasteiger partial charge in [-0.1, -0.05) is 26.7 Å². The number of aryl methyl sites for hydroxylation is 1. The number of nitrogens with two attached hydrogens (primary N) is 1. The second-order valence-electron chi connectivity index (χ2n) is 4.60. The Bertz CT molecular complexity index is 309. The molecular weight excluding hydrogens is 228 g/mol. The molecule has 1 rings (SSSR count). The van der Waals surface area contributed by atoms with E-state index in [2.05, 4.69) is 37.9 Å². The fourth-order valence-corrected chi connectivity index (χ4v) is 3.18. The molecule has 0 radical (unpaired) electrons. The van der Waals surface area contributed by atoms with Gasteiger partial charge < -0.3 is 5.73 Å². The molecule has 0 saturated carbocycles. The molecule has 0 aliphatic heterocycles. The zero-order valence-corrected chi connectivity index (χ0v) is 12.2. The number of unbranched alkanes of at least 4 members (excludes halogenated alkanes) is 2. The van der Waals surface area contributed by atoms with Crippen LogP contribution >= 0.6 is 11.3 Å². The first-order chi connectivity index (χ1) is 8.22. The van der Waals surface area contributed by atoms with Crippen molar-refractivity contribution >= 4 is 11.3 Å². The molecule has 2 N–H and O–H groups in total. The molecule has 0 spiro atoms. The van der Waals surface area contributed by atoms with Crippen molar-refractivity contribution in [1.29, 1.82) is 0 Å². The van der Waals surface area contributed by atoms with Crippen LogP contribution in [0.3, 0.4) is 0 Å². The van der Waals surface area contributed by atoms with Gasteiger partial charge in [-0.15, -0.1) is 11.3 Å². The second kappa shape index (κ2) is 7.85. The molecule has 0 saturated heterocycles. The zero-order chi connectivity index (χ0) is 12.7. The predicted molar refractivity (Wildman–Crippen MR) is 77.6 cm³/mol. The Kier molecular flexibility index (Phi) is 6.78. The molecular formula is C14H26N2S. The second-order valence-corrected chi connectivity index (χ2v) is 5.80. The van der Waals surface area contributed by atoms with Crippen molar-refractivity contribution in [3.05, 3.63) is 21.9 Å². The molecule has 1 unspecified atom stereocenters. The quantitative estimate of drug-likeness (QED) is 0.720. The smallest absolute Gasteiger partial charge is 0.0561 e. The van der Waals surface area contributed by atoms with Gasteiger partial charge in [-0.05, 0) is 38.6 Å². The van der Waals surface area contributed by atoms with E-state index >= 15 is 0 Å². The monoisotopic (exact) mass is 254 g/mol. The van der Waals surface area contributed by atoms with E-state index in [1.54, 1.807) is 0 Å². The average Bonchev–Trinajstić information content (AvgIpc) is 2.79. The minimum absolute atomic E-state index is 0.400. The van der Waals surface area contributed by atoms with Crippen LogP contribution in [0, 0.1) is 0 Å². The normalized spacial score (nSPS) is 13.2. The number of hydrogen-bond acceptors (Lipinski definition) is 3. The minimum atomic E-state index is 0.400. The number of hydrogen-bond donors (Lipinski definition) is 1. The van der Waals surface area contributed by atoms with Gasteiger partial charge in [-0.2, -0.15) is 0 Å². The van der Waals surface area contributed by atoms with Gasteiger partial charge in [0.15, 0.2) is 0 Å². The highest BCUT2D eigenvalue weighted by Gasteiger charge is 2.16. The summed E-state index contributed by atoms with van der Waals surface area (Å²) in [6.45, 7) is 6.31. The summed E-state index contributed by atoms with van der Waals surface area (Å²) in [6.07, 6.45) is 4.99. The molecule has 17 heavy (non-hydrogen) atoms. The number of nitrogens with zero attached hydrogens (tertiary/aromatic N) is 1. The van der Waals surface area contributed by atoms with E-state index in [0.29, 0.717) is 12.6 Å². The van der Waals surface area contributed by atoms with Crippen molar-refractivity contribution in [2.75, 3.05) is 20.1 Å². The van der Waals surface area contributed by atoms with Crippen LogP contribution < -0.4 is 5.73 Å². The predicted octanol–water partition coefficient (Wildman–Crippen LogP) is 3.43. The molecule has 3 heteroatoms. The van der Waals surface area contributed by atoms with E-state index in [-0.39, 0.29) is 0 Å². The summed E-state index contributed by atoms with van der Waals surface area (Å²) in [5.74, 6) is 0. The summed E-state index contributed by atoms with van der Waals surface area (Å²) < 4.78 is 0. The fraction of sp³-hybridized carbons (Fsp3) is 0.714. The lowest BCUT2D eigenvalue weighted by Gasteiger charge is -2.26. The van der Waals surface area contributed by atoms with Crippen LogP contribution in [0.4, 0.5) is 0 Å². The van der Waals surface area contributed by atoms with Gasteiger partial charge in [0.25, 0.3) is 0 Å². The van der Waals surface area contributed by atoms with Crippen molar-refractivity contribution < 1.29 is 0 Å². The summed E-state index contributed by atoms with van der Waals surface area (Å²) >= 11 is 1.91. The van der Waals surface area contributed by atoms with E-state index in [4.69, 9.17) is 5.73 Å². The van der Waals surface area contributed by atoms with E-state index in [9.17, 15) is 0 Å². The summed E-state index contributed by atoms with van der Waals surface area (Å²) in [4.78, 5) is 5.28. The van der Waals surface area contributed by atoms with E-state index in [0.717, 1.165) is 13.0 Å². The maximum atomic E-state index is 5.93. The van der Waals surface area contributed by atoms with Crippen molar-refractivity contribution in [3.63, 3.8) is 0 Å². The first-order valence-electron chi connectivity index (χ1n) is 6.71. The summed E-state index contributed by atoms with van der Waals surface area (Å²) in [5, 5.41) is 0. The Morgan fingerprint density at radius 1 is 1.29 bits per heavy atom. The summed E-state index contributed by atoms with van der Waals surface area (Å²) in [6, 6.07) is 4.89. The molecule has 1 atom stereocenters. The lowest BCUT2D eigenvalue weighted by Crippen LogP contribution is -2.30. The van der Waals surface area contributed by atoms with E-state index < -0.39 is 0 Å². The molecule has 0 fully saturated rings. The SMILES string of the molecule is CCCCCN(C)C(CN)c1ccc(CC)s1. The van der Waals surface area contributed by atoms with Crippen LogP contribution in [0.2, 0.25) is 0 Å². The van der Waals surface area contributed by atoms with Gasteiger partial charge in [-0.25, -0.2) is 0 Å². The number of rotatable bonds is 8. The largest absolute Gasteiger partial charge is 0.329 e. The third kappa shape index (κ3) is 4.41. The lowest BCUT2D eigenvalue weighted by molar-refractivity contribution is 0.248. The van der Waals surface area contributed by atoms with Gasteiger partial charge in [0.1, 0.15) is 0 Å². The first kappa shape index (κ1) is 14.7. The van der Waals surface area contributed by atoms with E-state index in [1.165, 1.54) is 29.0 Å². The zero-order valence-electron chi connectivity index (χ0n) is 11.4. The number of thiophene rings is 1. The van der Waals surface area contributed by atoms with Crippen LogP contribution in [0.1, 0.15) is 48.9 Å². The third-order valence-corrected chi connectivity index (χ3v) is 4.56. The molecule has 0 aliphatic carbocycles. The molecule has 2 nitrogen and oxygen atoms in total. The Morgan fingerprint density at radius 2 is 2.06 bits per heavy atom. The topological polar surface area (TPSA) is 29.3 Å². The summed E-state index contributed by atoms with van der Waals surface area (Å²) in [5.41, 5.74) is 5.93. The third-order valence-electron chi connectivity index (χ3n) is 3.23. The van der Waals surface area contributed by atoms with Crippen molar-refractivity contribution in [1.82, 2.24) is 4.90 Å². The average molecular weight is 254 g/mol. The Morgan fingerprint density at radius 3 is 2.59 bits per heavy atom. The molecule has 1 heterocycles. The summed E-state index contributed by atoms with van der Waals surface area (Å²) in [7, 11) is 2.19. The highest BCUT2D eigenvalue weighted by Crippen LogP contribution is 2.27. The molecule has 0 aliphatic rings. The maximum absolute atomic E-state index is 5.93. The molecule has 0 bridgehead atoms. The van der Waals surface area contributed by atoms with Crippen molar-refractivity contribution in [3.8, 4) is 0 Å². The molecule has 1 aromatic rings. The van der Waals surface area contributed by atoms with Crippen LogP contribution in [0.5, 0.6) is 0 Å². The van der Waals surface area contributed by atoms with E-state index in [1.807, 2.05) is 11.3 Å².